The second-order valence-corrected chi connectivity index (χ2v) is 2.84. The first-order valence-electron chi connectivity index (χ1n) is 4.31. The molecule has 86 valence electrons. The maximum Gasteiger partial charge on any atom is 0.228 e. The number of hydrogen-bond acceptors (Lipinski definition) is 4. The van der Waals surface area contributed by atoms with Gasteiger partial charge in [-0.25, -0.2) is 14.4 Å². The third-order valence-corrected chi connectivity index (χ3v) is 2.00. The highest BCUT2D eigenvalue weighted by Crippen LogP contribution is 2.31. The minimum Gasteiger partial charge on any atom is -0.493 e. The number of rotatable bonds is 3. The molecule has 0 spiro atoms. The average molecular weight is 245 g/mol. The van der Waals surface area contributed by atoms with Crippen molar-refractivity contribution in [1.29, 1.82) is 0 Å². The Hall–Kier alpha value is -1.62. The molecule has 2 rings (SSSR count). The average Bonchev–Trinajstić information content (AvgIpc) is 2.28. The van der Waals surface area contributed by atoms with E-state index in [0.29, 0.717) is 17.0 Å². The molecule has 0 N–H and O–H groups in total. The zero-order chi connectivity index (χ0) is 10.7. The molecule has 0 saturated heterocycles. The maximum atomic E-state index is 12.1. The van der Waals surface area contributed by atoms with Crippen LogP contribution in [-0.4, -0.2) is 23.9 Å². The van der Waals surface area contributed by atoms with Crippen LogP contribution in [0.2, 0.25) is 0 Å². The lowest BCUT2D eigenvalue weighted by atomic mass is 10.2. The molecule has 0 fully saturated rings. The Balaban J connectivity index is 0.00000128. The molecule has 4 nitrogen and oxygen atoms in total. The largest absolute Gasteiger partial charge is 0.493 e. The summed E-state index contributed by atoms with van der Waals surface area (Å²) in [4.78, 5) is 7.91. The molecular weight excluding hydrogens is 235 g/mol. The molecule has 0 amide bonds. The van der Waals surface area contributed by atoms with Crippen molar-refractivity contribution in [3.63, 3.8) is 0 Å². The lowest BCUT2D eigenvalue weighted by Crippen LogP contribution is -1.95. The predicted octanol–water partition coefficient (Wildman–Crippen LogP) is 2.37. The van der Waals surface area contributed by atoms with Crippen LogP contribution in [0.15, 0.2) is 24.7 Å². The first kappa shape index (κ1) is 12.4. The van der Waals surface area contributed by atoms with Crippen LogP contribution in [0.5, 0.6) is 11.5 Å². The summed E-state index contributed by atoms with van der Waals surface area (Å²) in [5, 5.41) is 0.820. The second-order valence-electron chi connectivity index (χ2n) is 2.84. The summed E-state index contributed by atoms with van der Waals surface area (Å²) in [5.41, 5.74) is 0.689. The van der Waals surface area contributed by atoms with Gasteiger partial charge in [-0.2, -0.15) is 0 Å². The third-order valence-electron chi connectivity index (χ3n) is 2.00. The zero-order valence-corrected chi connectivity index (χ0v) is 9.33. The van der Waals surface area contributed by atoms with Crippen LogP contribution in [0.4, 0.5) is 4.39 Å². The van der Waals surface area contributed by atoms with Crippen molar-refractivity contribution in [1.82, 2.24) is 9.97 Å². The SMILES string of the molecule is COc1cc2cncnc2cc1OCF.Cl. The number of nitrogens with zero attached hydrogens (tertiary/aromatic N) is 2. The molecule has 1 aromatic heterocycles. The molecule has 0 radical (unpaired) electrons. The van der Waals surface area contributed by atoms with Gasteiger partial charge in [0.25, 0.3) is 0 Å². The van der Waals surface area contributed by atoms with Gasteiger partial charge in [0, 0.05) is 17.6 Å². The molecule has 6 heteroatoms. The Bertz CT molecular complexity index is 481. The van der Waals surface area contributed by atoms with Crippen molar-refractivity contribution in [3.05, 3.63) is 24.7 Å². The Morgan fingerprint density at radius 3 is 2.81 bits per heavy atom. The highest BCUT2D eigenvalue weighted by molar-refractivity contribution is 5.85. The van der Waals surface area contributed by atoms with Gasteiger partial charge in [-0.15, -0.1) is 12.4 Å². The molecule has 1 aromatic carbocycles. The van der Waals surface area contributed by atoms with E-state index < -0.39 is 6.86 Å². The molecule has 0 unspecified atom stereocenters. The van der Waals surface area contributed by atoms with Crippen LogP contribution in [-0.2, 0) is 0 Å². The number of hydrogen-bond donors (Lipinski definition) is 0. The first-order valence-corrected chi connectivity index (χ1v) is 4.31. The summed E-state index contributed by atoms with van der Waals surface area (Å²) in [5.74, 6) is 0.807. The van der Waals surface area contributed by atoms with Crippen LogP contribution in [0.1, 0.15) is 0 Å². The number of aromatic nitrogens is 2. The fourth-order valence-corrected chi connectivity index (χ4v) is 1.32. The molecular formula is C10H10ClFN2O2. The van der Waals surface area contributed by atoms with Crippen molar-refractivity contribution in [3.8, 4) is 11.5 Å². The fourth-order valence-electron chi connectivity index (χ4n) is 1.32. The highest BCUT2D eigenvalue weighted by Gasteiger charge is 2.07. The first-order chi connectivity index (χ1) is 7.35. The number of fused-ring (bicyclic) bond motifs is 1. The topological polar surface area (TPSA) is 44.2 Å². The van der Waals surface area contributed by atoms with Gasteiger partial charge < -0.3 is 9.47 Å². The maximum absolute atomic E-state index is 12.1. The lowest BCUT2D eigenvalue weighted by molar-refractivity contribution is 0.185. The minimum atomic E-state index is -0.896. The van der Waals surface area contributed by atoms with Crippen molar-refractivity contribution < 1.29 is 13.9 Å². The van der Waals surface area contributed by atoms with E-state index in [0.717, 1.165) is 5.39 Å². The molecule has 0 aliphatic heterocycles. The number of ether oxygens (including phenoxy) is 2. The zero-order valence-electron chi connectivity index (χ0n) is 8.51. The van der Waals surface area contributed by atoms with Crippen LogP contribution in [0.3, 0.4) is 0 Å². The third kappa shape index (κ3) is 2.30. The van der Waals surface area contributed by atoms with Crippen LogP contribution in [0.25, 0.3) is 10.9 Å². The minimum absolute atomic E-state index is 0. The Morgan fingerprint density at radius 1 is 1.31 bits per heavy atom. The Morgan fingerprint density at radius 2 is 2.12 bits per heavy atom. The van der Waals surface area contributed by atoms with E-state index in [2.05, 4.69) is 9.97 Å². The number of methoxy groups -OCH3 is 1. The van der Waals surface area contributed by atoms with E-state index in [1.165, 1.54) is 13.4 Å². The Labute approximate surface area is 97.8 Å². The van der Waals surface area contributed by atoms with Crippen LogP contribution >= 0.6 is 12.4 Å². The molecule has 0 aliphatic carbocycles. The van der Waals surface area contributed by atoms with Gasteiger partial charge in [-0.3, -0.25) is 0 Å². The van der Waals surface area contributed by atoms with Crippen molar-refractivity contribution in [2.45, 2.75) is 0 Å². The number of alkyl halides is 1. The van der Waals surface area contributed by atoms with E-state index >= 15 is 0 Å². The van der Waals surface area contributed by atoms with Gasteiger partial charge in [-0.05, 0) is 6.07 Å². The molecule has 0 atom stereocenters. The van der Waals surface area contributed by atoms with E-state index in [1.54, 1.807) is 18.3 Å². The lowest BCUT2D eigenvalue weighted by Gasteiger charge is -2.08. The van der Waals surface area contributed by atoms with Crippen LogP contribution < -0.4 is 9.47 Å². The van der Waals surface area contributed by atoms with Crippen molar-refractivity contribution in [2.24, 2.45) is 0 Å². The summed E-state index contributed by atoms with van der Waals surface area (Å²) in [6.45, 7) is -0.896. The second kappa shape index (κ2) is 5.46. The Kier molecular flexibility index (Phi) is 4.25. The number of benzene rings is 1. The van der Waals surface area contributed by atoms with Gasteiger partial charge in [0.15, 0.2) is 11.5 Å². The van der Waals surface area contributed by atoms with Crippen molar-refractivity contribution in [2.75, 3.05) is 14.0 Å². The molecule has 1 heterocycles. The van der Waals surface area contributed by atoms with E-state index in [9.17, 15) is 4.39 Å². The molecule has 0 saturated carbocycles. The van der Waals surface area contributed by atoms with Gasteiger partial charge >= 0.3 is 0 Å². The molecule has 2 aromatic rings. The van der Waals surface area contributed by atoms with Crippen LogP contribution in [0, 0.1) is 0 Å². The summed E-state index contributed by atoms with van der Waals surface area (Å²) in [6.07, 6.45) is 3.08. The number of halogens is 2. The summed E-state index contributed by atoms with van der Waals surface area (Å²) >= 11 is 0. The molecule has 0 bridgehead atoms. The summed E-state index contributed by atoms with van der Waals surface area (Å²) < 4.78 is 21.9. The quantitative estimate of drug-likeness (QED) is 0.832. The summed E-state index contributed by atoms with van der Waals surface area (Å²) in [6, 6.07) is 3.33. The summed E-state index contributed by atoms with van der Waals surface area (Å²) in [7, 11) is 1.50. The standard InChI is InChI=1S/C10H9FN2O2.ClH/c1-14-9-2-7-4-12-6-13-8(7)3-10(9)15-5-11;/h2-4,6H,5H2,1H3;1H. The van der Waals surface area contributed by atoms with E-state index in [4.69, 9.17) is 9.47 Å². The fraction of sp³-hybridized carbons (Fsp3) is 0.200. The molecule has 16 heavy (non-hydrogen) atoms. The van der Waals surface area contributed by atoms with Gasteiger partial charge in [0.1, 0.15) is 6.33 Å². The van der Waals surface area contributed by atoms with E-state index in [1.807, 2.05) is 0 Å². The van der Waals surface area contributed by atoms with Gasteiger partial charge in [0.05, 0.1) is 12.6 Å². The monoisotopic (exact) mass is 244 g/mol. The van der Waals surface area contributed by atoms with E-state index in [-0.39, 0.29) is 12.4 Å². The van der Waals surface area contributed by atoms with Crippen molar-refractivity contribution >= 4 is 23.3 Å². The normalized spacial score (nSPS) is 9.62. The molecule has 0 aliphatic rings. The smallest absolute Gasteiger partial charge is 0.228 e. The highest BCUT2D eigenvalue weighted by atomic mass is 35.5. The predicted molar refractivity (Wildman–Crippen MR) is 59.9 cm³/mol. The van der Waals surface area contributed by atoms with Gasteiger partial charge in [0.2, 0.25) is 6.86 Å². The van der Waals surface area contributed by atoms with Gasteiger partial charge in [-0.1, -0.05) is 0 Å².